The highest BCUT2D eigenvalue weighted by Gasteiger charge is 2.27. The number of para-hydroxylation sites is 1. The molecule has 2 aromatic heterocycles. The van der Waals surface area contributed by atoms with Crippen molar-refractivity contribution in [3.63, 3.8) is 0 Å². The fourth-order valence-corrected chi connectivity index (χ4v) is 3.51. The molecule has 28 heavy (non-hydrogen) atoms. The summed E-state index contributed by atoms with van der Waals surface area (Å²) in [4.78, 5) is 16.1. The number of carboxylic acid groups (broad SMARTS) is 1. The van der Waals surface area contributed by atoms with Gasteiger partial charge >= 0.3 is 5.97 Å². The van der Waals surface area contributed by atoms with Gasteiger partial charge < -0.3 is 9.63 Å². The van der Waals surface area contributed by atoms with E-state index in [1.807, 2.05) is 62.4 Å². The van der Waals surface area contributed by atoms with Crippen molar-refractivity contribution in [3.8, 4) is 28.7 Å². The summed E-state index contributed by atoms with van der Waals surface area (Å²) in [7, 11) is 0. The minimum absolute atomic E-state index is 0.125. The average molecular weight is 439 g/mol. The molecule has 0 aliphatic carbocycles. The van der Waals surface area contributed by atoms with E-state index in [0.717, 1.165) is 22.4 Å². The third kappa shape index (κ3) is 3.11. The van der Waals surface area contributed by atoms with Crippen LogP contribution in [-0.4, -0.2) is 31.0 Å². The van der Waals surface area contributed by atoms with Crippen LogP contribution in [0, 0.1) is 13.8 Å². The predicted molar refractivity (Wildman–Crippen MR) is 106 cm³/mol. The van der Waals surface area contributed by atoms with E-state index < -0.39 is 5.97 Å². The molecule has 2 heterocycles. The molecule has 0 fully saturated rings. The summed E-state index contributed by atoms with van der Waals surface area (Å²) in [6.45, 7) is 3.90. The molecule has 0 bridgehead atoms. The lowest BCUT2D eigenvalue weighted by Gasteiger charge is -2.08. The first-order valence-electron chi connectivity index (χ1n) is 8.44. The van der Waals surface area contributed by atoms with Crippen LogP contribution in [0.15, 0.2) is 57.5 Å². The van der Waals surface area contributed by atoms with E-state index >= 15 is 0 Å². The van der Waals surface area contributed by atoms with Crippen molar-refractivity contribution in [1.82, 2.24) is 19.9 Å². The molecule has 140 valence electrons. The van der Waals surface area contributed by atoms with Crippen molar-refractivity contribution in [2.75, 3.05) is 0 Å². The first-order valence-corrected chi connectivity index (χ1v) is 9.24. The van der Waals surface area contributed by atoms with Gasteiger partial charge in [-0.2, -0.15) is 10.1 Å². The Morgan fingerprint density at radius 3 is 2.64 bits per heavy atom. The zero-order valence-corrected chi connectivity index (χ0v) is 16.6. The summed E-state index contributed by atoms with van der Waals surface area (Å²) in [5.41, 5.74) is 3.80. The maximum atomic E-state index is 11.6. The first-order chi connectivity index (χ1) is 13.5. The lowest BCUT2D eigenvalue weighted by Crippen LogP contribution is -2.04. The average Bonchev–Trinajstić information content (AvgIpc) is 3.27. The molecule has 4 rings (SSSR count). The van der Waals surface area contributed by atoms with Gasteiger partial charge in [-0.05, 0) is 53.5 Å². The minimum Gasteiger partial charge on any atom is -0.476 e. The summed E-state index contributed by atoms with van der Waals surface area (Å²) >= 11 is 3.35. The SMILES string of the molecule is Cc1cccc(-c2nc(-c3c(Br)c(C(=O)O)nn3-c3ccccc3C)no2)c1. The number of carbonyl (C=O) groups is 1. The van der Waals surface area contributed by atoms with Gasteiger partial charge in [0.05, 0.1) is 10.2 Å². The quantitative estimate of drug-likeness (QED) is 0.497. The van der Waals surface area contributed by atoms with Crippen molar-refractivity contribution in [2.45, 2.75) is 13.8 Å². The van der Waals surface area contributed by atoms with Crippen LogP contribution in [0.2, 0.25) is 0 Å². The van der Waals surface area contributed by atoms with Gasteiger partial charge in [-0.3, -0.25) is 0 Å². The van der Waals surface area contributed by atoms with Crippen LogP contribution < -0.4 is 0 Å². The van der Waals surface area contributed by atoms with Crippen LogP contribution in [0.5, 0.6) is 0 Å². The van der Waals surface area contributed by atoms with Gasteiger partial charge in [0.15, 0.2) is 5.69 Å². The van der Waals surface area contributed by atoms with Crippen LogP contribution >= 0.6 is 15.9 Å². The minimum atomic E-state index is -1.15. The van der Waals surface area contributed by atoms with Crippen molar-refractivity contribution in [3.05, 3.63) is 69.8 Å². The largest absolute Gasteiger partial charge is 0.476 e. The van der Waals surface area contributed by atoms with E-state index in [-0.39, 0.29) is 11.5 Å². The number of rotatable bonds is 4. The number of aryl methyl sites for hydroxylation is 2. The number of hydrogen-bond donors (Lipinski definition) is 1. The van der Waals surface area contributed by atoms with E-state index in [0.29, 0.717) is 16.1 Å². The van der Waals surface area contributed by atoms with E-state index in [2.05, 4.69) is 31.2 Å². The Bertz CT molecular complexity index is 1200. The summed E-state index contributed by atoms with van der Waals surface area (Å²) in [5.74, 6) is -0.561. The molecule has 1 N–H and O–H groups in total. The monoisotopic (exact) mass is 438 g/mol. The number of hydrogen-bond acceptors (Lipinski definition) is 5. The van der Waals surface area contributed by atoms with Gasteiger partial charge in [0.25, 0.3) is 5.89 Å². The Hall–Kier alpha value is -3.26. The van der Waals surface area contributed by atoms with Crippen molar-refractivity contribution in [2.24, 2.45) is 0 Å². The van der Waals surface area contributed by atoms with Crippen LogP contribution in [0.3, 0.4) is 0 Å². The molecule has 7 nitrogen and oxygen atoms in total. The summed E-state index contributed by atoms with van der Waals surface area (Å²) in [5, 5.41) is 17.8. The second-order valence-corrected chi connectivity index (χ2v) is 7.10. The highest BCUT2D eigenvalue weighted by molar-refractivity contribution is 9.10. The molecule has 0 aliphatic heterocycles. The number of aromatic carboxylic acids is 1. The second-order valence-electron chi connectivity index (χ2n) is 6.31. The lowest BCUT2D eigenvalue weighted by molar-refractivity contribution is 0.0689. The molecule has 0 saturated carbocycles. The molecule has 0 radical (unpaired) electrons. The van der Waals surface area contributed by atoms with Crippen molar-refractivity contribution < 1.29 is 14.4 Å². The van der Waals surface area contributed by atoms with Gasteiger partial charge in [-0.1, -0.05) is 41.1 Å². The van der Waals surface area contributed by atoms with Gasteiger partial charge in [0.1, 0.15) is 5.69 Å². The summed E-state index contributed by atoms with van der Waals surface area (Å²) in [6.07, 6.45) is 0. The van der Waals surface area contributed by atoms with Crippen molar-refractivity contribution in [1.29, 1.82) is 0 Å². The molecule has 0 amide bonds. The zero-order valence-electron chi connectivity index (χ0n) is 15.0. The van der Waals surface area contributed by atoms with Crippen LogP contribution in [0.1, 0.15) is 21.6 Å². The Labute approximate surface area is 168 Å². The Morgan fingerprint density at radius 2 is 1.93 bits per heavy atom. The van der Waals surface area contributed by atoms with E-state index in [9.17, 15) is 9.90 Å². The van der Waals surface area contributed by atoms with Gasteiger partial charge in [0, 0.05) is 5.56 Å². The van der Waals surface area contributed by atoms with Crippen LogP contribution in [0.4, 0.5) is 0 Å². The van der Waals surface area contributed by atoms with Gasteiger partial charge in [-0.15, -0.1) is 0 Å². The molecular weight excluding hydrogens is 424 g/mol. The summed E-state index contributed by atoms with van der Waals surface area (Å²) < 4.78 is 7.25. The molecule has 4 aromatic rings. The topological polar surface area (TPSA) is 94.0 Å². The van der Waals surface area contributed by atoms with Crippen LogP contribution in [0.25, 0.3) is 28.7 Å². The number of aromatic nitrogens is 4. The van der Waals surface area contributed by atoms with Crippen LogP contribution in [-0.2, 0) is 0 Å². The standard InChI is InChI=1S/C20H15BrN4O3/c1-11-6-5-8-13(10-11)19-22-18(24-28-19)17-15(21)16(20(26)27)23-25(17)14-9-4-3-7-12(14)2/h3-10H,1-2H3,(H,26,27). The number of halogens is 1. The molecule has 0 spiro atoms. The highest BCUT2D eigenvalue weighted by atomic mass is 79.9. The second kappa shape index (κ2) is 7.05. The van der Waals surface area contributed by atoms with E-state index in [1.165, 1.54) is 4.68 Å². The van der Waals surface area contributed by atoms with E-state index in [4.69, 9.17) is 4.52 Å². The maximum absolute atomic E-state index is 11.6. The van der Waals surface area contributed by atoms with Gasteiger partial charge in [-0.25, -0.2) is 9.48 Å². The fourth-order valence-electron chi connectivity index (χ4n) is 2.92. The normalized spacial score (nSPS) is 11.0. The lowest BCUT2D eigenvalue weighted by atomic mass is 10.1. The highest BCUT2D eigenvalue weighted by Crippen LogP contribution is 2.33. The number of carboxylic acids is 1. The van der Waals surface area contributed by atoms with E-state index in [1.54, 1.807) is 0 Å². The molecule has 0 saturated heterocycles. The number of nitrogens with zero attached hydrogens (tertiary/aromatic N) is 4. The molecule has 2 aromatic carbocycles. The summed E-state index contributed by atoms with van der Waals surface area (Å²) in [6, 6.07) is 15.2. The molecule has 0 unspecified atom stereocenters. The first kappa shape index (κ1) is 18.1. The Balaban J connectivity index is 1.91. The van der Waals surface area contributed by atoms with Crippen molar-refractivity contribution >= 4 is 21.9 Å². The zero-order chi connectivity index (χ0) is 19.8. The van der Waals surface area contributed by atoms with Gasteiger partial charge in [0.2, 0.25) is 5.82 Å². The molecule has 8 heteroatoms. The third-order valence-corrected chi connectivity index (χ3v) is 5.03. The fraction of sp³-hybridized carbons (Fsp3) is 0.100. The maximum Gasteiger partial charge on any atom is 0.357 e. The number of benzene rings is 2. The molecule has 0 aliphatic rings. The Kier molecular flexibility index (Phi) is 4.56. The third-order valence-electron chi connectivity index (χ3n) is 4.28. The Morgan fingerprint density at radius 1 is 1.14 bits per heavy atom. The molecular formula is C20H15BrN4O3. The predicted octanol–water partition coefficient (Wildman–Crippen LogP) is 4.67. The smallest absolute Gasteiger partial charge is 0.357 e. The molecule has 0 atom stereocenters.